The predicted molar refractivity (Wildman–Crippen MR) is 76.0 cm³/mol. The van der Waals surface area contributed by atoms with Gasteiger partial charge in [0.15, 0.2) is 0 Å². The lowest BCUT2D eigenvalue weighted by Crippen LogP contribution is -2.38. The van der Waals surface area contributed by atoms with Gasteiger partial charge in [0.05, 0.1) is 18.8 Å². The second-order valence-corrected chi connectivity index (χ2v) is 5.20. The van der Waals surface area contributed by atoms with E-state index in [1.165, 1.54) is 0 Å². The largest absolute Gasteiger partial charge is 0.371 e. The summed E-state index contributed by atoms with van der Waals surface area (Å²) in [6, 6.07) is 10.1. The SMILES string of the molecule is N#CCCCCN1CCO[C@@H](c2ccccc2Cl)C1. The van der Waals surface area contributed by atoms with E-state index < -0.39 is 0 Å². The average molecular weight is 279 g/mol. The summed E-state index contributed by atoms with van der Waals surface area (Å²) < 4.78 is 5.82. The van der Waals surface area contributed by atoms with Crippen molar-refractivity contribution in [3.05, 3.63) is 34.9 Å². The summed E-state index contributed by atoms with van der Waals surface area (Å²) in [7, 11) is 0. The van der Waals surface area contributed by atoms with Crippen molar-refractivity contribution in [3.8, 4) is 6.07 Å². The summed E-state index contributed by atoms with van der Waals surface area (Å²) in [6.07, 6.45) is 2.77. The van der Waals surface area contributed by atoms with Crippen LogP contribution in [0.2, 0.25) is 5.02 Å². The molecule has 0 N–H and O–H groups in total. The molecule has 0 radical (unpaired) electrons. The number of ether oxygens (including phenoxy) is 1. The van der Waals surface area contributed by atoms with Crippen LogP contribution in [0.1, 0.15) is 30.9 Å². The number of nitrogens with zero attached hydrogens (tertiary/aromatic N) is 2. The highest BCUT2D eigenvalue weighted by Gasteiger charge is 2.22. The lowest BCUT2D eigenvalue weighted by Gasteiger charge is -2.33. The third-order valence-corrected chi connectivity index (χ3v) is 3.76. The molecule has 1 saturated heterocycles. The highest BCUT2D eigenvalue weighted by Crippen LogP contribution is 2.28. The minimum absolute atomic E-state index is 0.0680. The number of unbranched alkanes of at least 4 members (excludes halogenated alkanes) is 2. The first-order chi connectivity index (χ1) is 9.31. The highest BCUT2D eigenvalue weighted by molar-refractivity contribution is 6.31. The first-order valence-corrected chi connectivity index (χ1v) is 7.14. The topological polar surface area (TPSA) is 36.3 Å². The maximum Gasteiger partial charge on any atom is 0.0966 e. The Hall–Kier alpha value is -1.08. The number of rotatable bonds is 5. The zero-order valence-corrected chi connectivity index (χ0v) is 11.8. The number of nitriles is 1. The molecule has 0 aromatic heterocycles. The fourth-order valence-corrected chi connectivity index (χ4v) is 2.63. The molecule has 1 atom stereocenters. The first-order valence-electron chi connectivity index (χ1n) is 6.76. The first kappa shape index (κ1) is 14.3. The van der Waals surface area contributed by atoms with Crippen molar-refractivity contribution in [3.63, 3.8) is 0 Å². The Morgan fingerprint density at radius 3 is 3.00 bits per heavy atom. The summed E-state index contributed by atoms with van der Waals surface area (Å²) in [4.78, 5) is 2.40. The number of hydrogen-bond donors (Lipinski definition) is 0. The van der Waals surface area contributed by atoms with Crippen molar-refractivity contribution in [1.29, 1.82) is 5.26 Å². The molecule has 1 heterocycles. The van der Waals surface area contributed by atoms with Crippen molar-refractivity contribution >= 4 is 11.6 Å². The Morgan fingerprint density at radius 2 is 2.21 bits per heavy atom. The standard InChI is InChI=1S/C15H19ClN2O/c16-14-7-3-2-6-13(14)15-12-18(10-11-19-15)9-5-1-4-8-17/h2-3,6-7,15H,1,4-5,9-12H2/t15-/m1/s1. The van der Waals surface area contributed by atoms with Gasteiger partial charge >= 0.3 is 0 Å². The second kappa shape index (κ2) is 7.49. The summed E-state index contributed by atoms with van der Waals surface area (Å²) in [6.45, 7) is 3.63. The van der Waals surface area contributed by atoms with E-state index in [0.29, 0.717) is 6.42 Å². The van der Waals surface area contributed by atoms with Gasteiger partial charge in [-0.15, -0.1) is 0 Å². The molecule has 3 nitrogen and oxygen atoms in total. The van der Waals surface area contributed by atoms with Gasteiger partial charge in [-0.1, -0.05) is 29.8 Å². The molecule has 1 aliphatic rings. The normalized spacial score (nSPS) is 20.1. The van der Waals surface area contributed by atoms with Gasteiger partial charge in [-0.25, -0.2) is 0 Å². The van der Waals surface area contributed by atoms with Crippen LogP contribution >= 0.6 is 11.6 Å². The minimum Gasteiger partial charge on any atom is -0.371 e. The van der Waals surface area contributed by atoms with Crippen LogP contribution in [0.5, 0.6) is 0 Å². The van der Waals surface area contributed by atoms with Gasteiger partial charge in [-0.05, 0) is 25.5 Å². The van der Waals surface area contributed by atoms with Crippen molar-refractivity contribution in [2.24, 2.45) is 0 Å². The molecule has 102 valence electrons. The van der Waals surface area contributed by atoms with E-state index in [1.807, 2.05) is 24.3 Å². The van der Waals surface area contributed by atoms with E-state index >= 15 is 0 Å². The third kappa shape index (κ3) is 4.21. The Labute approximate surface area is 119 Å². The predicted octanol–water partition coefficient (Wildman–Crippen LogP) is 3.41. The van der Waals surface area contributed by atoms with Crippen LogP contribution in [0.3, 0.4) is 0 Å². The Kier molecular flexibility index (Phi) is 5.65. The summed E-state index contributed by atoms with van der Waals surface area (Å²) in [5.74, 6) is 0. The molecular weight excluding hydrogens is 260 g/mol. The monoisotopic (exact) mass is 278 g/mol. The van der Waals surface area contributed by atoms with Gasteiger partial charge in [0.1, 0.15) is 0 Å². The van der Waals surface area contributed by atoms with Crippen LogP contribution in [0.4, 0.5) is 0 Å². The maximum absolute atomic E-state index is 8.53. The van der Waals surface area contributed by atoms with Crippen LogP contribution in [0.25, 0.3) is 0 Å². The molecule has 0 aliphatic carbocycles. The molecular formula is C15H19ClN2O. The van der Waals surface area contributed by atoms with E-state index in [1.54, 1.807) is 0 Å². The number of morpholine rings is 1. The Balaban J connectivity index is 1.87. The van der Waals surface area contributed by atoms with Gasteiger partial charge in [0, 0.05) is 30.1 Å². The number of hydrogen-bond acceptors (Lipinski definition) is 3. The lowest BCUT2D eigenvalue weighted by atomic mass is 10.1. The van der Waals surface area contributed by atoms with Crippen molar-refractivity contribution in [2.45, 2.75) is 25.4 Å². The molecule has 19 heavy (non-hydrogen) atoms. The van der Waals surface area contributed by atoms with Gasteiger partial charge in [-0.3, -0.25) is 4.90 Å². The minimum atomic E-state index is 0.0680. The molecule has 2 rings (SSSR count). The van der Waals surface area contributed by atoms with E-state index in [0.717, 1.165) is 49.7 Å². The molecule has 1 aromatic rings. The molecule has 4 heteroatoms. The Morgan fingerprint density at radius 1 is 1.37 bits per heavy atom. The molecule has 0 amide bonds. The Bertz CT molecular complexity index is 444. The fraction of sp³-hybridized carbons (Fsp3) is 0.533. The van der Waals surface area contributed by atoms with Gasteiger partial charge in [0.25, 0.3) is 0 Å². The smallest absolute Gasteiger partial charge is 0.0966 e. The summed E-state index contributed by atoms with van der Waals surface area (Å²) in [5, 5.41) is 9.30. The lowest BCUT2D eigenvalue weighted by molar-refractivity contribution is -0.0302. The van der Waals surface area contributed by atoms with Gasteiger partial charge in [-0.2, -0.15) is 5.26 Å². The molecule has 0 saturated carbocycles. The summed E-state index contributed by atoms with van der Waals surface area (Å²) in [5.41, 5.74) is 1.07. The van der Waals surface area contributed by atoms with E-state index in [9.17, 15) is 0 Å². The van der Waals surface area contributed by atoms with Crippen molar-refractivity contribution < 1.29 is 4.74 Å². The molecule has 0 unspecified atom stereocenters. The van der Waals surface area contributed by atoms with E-state index in [4.69, 9.17) is 21.6 Å². The average Bonchev–Trinajstić information content (AvgIpc) is 2.44. The number of benzene rings is 1. The highest BCUT2D eigenvalue weighted by atomic mass is 35.5. The third-order valence-electron chi connectivity index (χ3n) is 3.42. The number of halogens is 1. The van der Waals surface area contributed by atoms with E-state index in [2.05, 4.69) is 11.0 Å². The fourth-order valence-electron chi connectivity index (χ4n) is 2.37. The van der Waals surface area contributed by atoms with Crippen LogP contribution in [-0.4, -0.2) is 31.1 Å². The zero-order chi connectivity index (χ0) is 13.5. The van der Waals surface area contributed by atoms with Gasteiger partial charge in [0.2, 0.25) is 0 Å². The molecule has 1 aromatic carbocycles. The van der Waals surface area contributed by atoms with Crippen LogP contribution in [0.15, 0.2) is 24.3 Å². The molecule has 0 spiro atoms. The second-order valence-electron chi connectivity index (χ2n) is 4.80. The quantitative estimate of drug-likeness (QED) is 0.775. The molecule has 0 bridgehead atoms. The van der Waals surface area contributed by atoms with Gasteiger partial charge < -0.3 is 4.74 Å². The van der Waals surface area contributed by atoms with Crippen molar-refractivity contribution in [2.75, 3.05) is 26.2 Å². The zero-order valence-electron chi connectivity index (χ0n) is 11.0. The van der Waals surface area contributed by atoms with Crippen LogP contribution < -0.4 is 0 Å². The molecule has 1 fully saturated rings. The summed E-state index contributed by atoms with van der Waals surface area (Å²) >= 11 is 6.22. The van der Waals surface area contributed by atoms with Crippen LogP contribution in [-0.2, 0) is 4.74 Å². The maximum atomic E-state index is 8.53. The van der Waals surface area contributed by atoms with E-state index in [-0.39, 0.29) is 6.10 Å². The molecule has 1 aliphatic heterocycles. The van der Waals surface area contributed by atoms with Crippen LogP contribution in [0, 0.1) is 11.3 Å². The van der Waals surface area contributed by atoms with Crippen molar-refractivity contribution in [1.82, 2.24) is 4.90 Å².